The minimum absolute atomic E-state index is 0.0408. The number of nitrogen functional groups attached to an aromatic ring is 2. The molecule has 1 aliphatic carbocycles. The molecule has 6 heterocycles. The number of carbonyl (C=O) groups excluding carboxylic acids is 1. The van der Waals surface area contributed by atoms with Crippen molar-refractivity contribution in [1.29, 1.82) is 0 Å². The van der Waals surface area contributed by atoms with E-state index >= 15 is 0 Å². The number of alkyl halides is 6. The first-order valence-electron chi connectivity index (χ1n) is 14.4. The monoisotopic (exact) mass is 634 g/mol. The van der Waals surface area contributed by atoms with Crippen LogP contribution in [-0.2, 0) is 5.54 Å². The fourth-order valence-electron chi connectivity index (χ4n) is 6.91. The Kier molecular flexibility index (Phi) is 6.38. The van der Waals surface area contributed by atoms with E-state index < -0.39 is 23.6 Å². The molecule has 0 radical (unpaired) electrons. The zero-order valence-corrected chi connectivity index (χ0v) is 23.5. The van der Waals surface area contributed by atoms with Gasteiger partial charge in [-0.05, 0) is 50.5 Å². The number of carbonyl (C=O) groups is 1. The Labute approximate surface area is 251 Å². The van der Waals surface area contributed by atoms with E-state index in [2.05, 4.69) is 20.3 Å². The van der Waals surface area contributed by atoms with Crippen LogP contribution in [0.2, 0.25) is 0 Å². The topological polar surface area (TPSA) is 170 Å². The van der Waals surface area contributed by atoms with Crippen LogP contribution in [0.5, 0.6) is 0 Å². The number of H-pyrrole nitrogens is 1. The molecular formula is C28H28F6N10O. The lowest BCUT2D eigenvalue weighted by Crippen LogP contribution is -2.61. The van der Waals surface area contributed by atoms with E-state index in [0.717, 1.165) is 49.2 Å². The lowest BCUT2D eigenvalue weighted by Gasteiger charge is -2.39. The van der Waals surface area contributed by atoms with Crippen LogP contribution in [-0.4, -0.2) is 65.0 Å². The maximum atomic E-state index is 13.5. The van der Waals surface area contributed by atoms with Crippen LogP contribution in [0.25, 0.3) is 16.8 Å². The normalized spacial score (nSPS) is 22.4. The van der Waals surface area contributed by atoms with Crippen molar-refractivity contribution < 1.29 is 31.1 Å². The molecule has 7 N–H and O–H groups in total. The van der Waals surface area contributed by atoms with Gasteiger partial charge in [-0.3, -0.25) is 14.9 Å². The first-order valence-corrected chi connectivity index (χ1v) is 14.4. The smallest absolute Gasteiger partial charge is 0.383 e. The van der Waals surface area contributed by atoms with Crippen LogP contribution in [0.15, 0.2) is 30.6 Å². The molecule has 3 atom stereocenters. The first kappa shape index (κ1) is 29.3. The lowest BCUT2D eigenvalue weighted by molar-refractivity contribution is -0.303. The van der Waals surface area contributed by atoms with E-state index in [9.17, 15) is 31.1 Å². The van der Waals surface area contributed by atoms with Gasteiger partial charge in [-0.25, -0.2) is 4.98 Å². The maximum Gasteiger partial charge on any atom is 0.421 e. The van der Waals surface area contributed by atoms with Crippen molar-refractivity contribution >= 4 is 23.2 Å². The zero-order valence-electron chi connectivity index (χ0n) is 23.5. The van der Waals surface area contributed by atoms with Crippen LogP contribution in [0, 0.1) is 0 Å². The van der Waals surface area contributed by atoms with Crippen molar-refractivity contribution in [2.45, 2.75) is 80.3 Å². The van der Waals surface area contributed by atoms with Gasteiger partial charge >= 0.3 is 12.4 Å². The number of amides is 1. The molecule has 3 fully saturated rings. The summed E-state index contributed by atoms with van der Waals surface area (Å²) in [4.78, 5) is 23.7. The Morgan fingerprint density at radius 1 is 0.933 bits per heavy atom. The highest BCUT2D eigenvalue weighted by Crippen LogP contribution is 2.51. The summed E-state index contributed by atoms with van der Waals surface area (Å²) in [6.45, 7) is 0. The number of aromatic amines is 1. The predicted octanol–water partition coefficient (Wildman–Crippen LogP) is 4.39. The second-order valence-electron chi connectivity index (χ2n) is 12.1. The van der Waals surface area contributed by atoms with Crippen LogP contribution in [0.1, 0.15) is 77.8 Å². The van der Waals surface area contributed by atoms with E-state index in [0.29, 0.717) is 41.6 Å². The molecule has 17 heteroatoms. The molecular weight excluding hydrogens is 606 g/mol. The average molecular weight is 635 g/mol. The molecule has 238 valence electrons. The Morgan fingerprint density at radius 2 is 1.60 bits per heavy atom. The Morgan fingerprint density at radius 3 is 2.13 bits per heavy atom. The van der Waals surface area contributed by atoms with Crippen molar-refractivity contribution in [3.8, 4) is 11.1 Å². The molecule has 1 saturated carbocycles. The molecule has 11 nitrogen and oxygen atoms in total. The molecule has 2 saturated heterocycles. The largest absolute Gasteiger partial charge is 0.421 e. The number of nitrogens with two attached hydrogens (primary N) is 3. The fraction of sp³-hybridized carbons (Fsp3) is 0.464. The third kappa shape index (κ3) is 4.49. The fourth-order valence-corrected chi connectivity index (χ4v) is 6.91. The summed E-state index contributed by atoms with van der Waals surface area (Å²) in [5, 5.41) is 10.9. The maximum absolute atomic E-state index is 13.5. The lowest BCUT2D eigenvalue weighted by atomic mass is 9.85. The van der Waals surface area contributed by atoms with Crippen LogP contribution < -0.4 is 17.2 Å². The number of aromatic nitrogens is 6. The van der Waals surface area contributed by atoms with Gasteiger partial charge in [-0.1, -0.05) is 6.07 Å². The van der Waals surface area contributed by atoms with E-state index in [-0.39, 0.29) is 41.2 Å². The number of nitrogens with one attached hydrogen (secondary N) is 1. The summed E-state index contributed by atoms with van der Waals surface area (Å²) < 4.78 is 82.5. The quantitative estimate of drug-likeness (QED) is 0.234. The highest BCUT2D eigenvalue weighted by molar-refractivity contribution is 5.93. The standard InChI is InChI=1S/C28H28F6N10O/c29-27(30,31)26(37,28(32,33)34)19-6-3-13(10-38-19)17-11-39-44-23(36)21(12-1-2-12)22(40-24(17)44)14-7-15-4-5-16(8-14)43(15)25(45)18-9-20(35)42-41-18/h3,6,9-12,14-16H,1-2,4-5,7-8,36-37H2,(H3,35,41,42)/t14?,15-,16+. The van der Waals surface area contributed by atoms with Gasteiger partial charge < -0.3 is 22.1 Å². The van der Waals surface area contributed by atoms with Gasteiger partial charge in [0, 0.05) is 47.0 Å². The van der Waals surface area contributed by atoms with Gasteiger partial charge in [0.2, 0.25) is 0 Å². The van der Waals surface area contributed by atoms with Gasteiger partial charge in [0.15, 0.2) is 5.65 Å². The molecule has 4 aromatic rings. The Bertz CT molecular complexity index is 1760. The number of halogens is 6. The van der Waals surface area contributed by atoms with Gasteiger partial charge in [-0.15, -0.1) is 0 Å². The van der Waals surface area contributed by atoms with Crippen molar-refractivity contribution in [3.63, 3.8) is 0 Å². The molecule has 1 amide bonds. The zero-order chi connectivity index (χ0) is 32.1. The van der Waals surface area contributed by atoms with Crippen LogP contribution in [0.3, 0.4) is 0 Å². The van der Waals surface area contributed by atoms with Crippen molar-refractivity contribution in [2.75, 3.05) is 11.5 Å². The number of rotatable bonds is 5. The Hall–Kier alpha value is -4.41. The molecule has 0 aromatic carbocycles. The number of hydrogen-bond acceptors (Lipinski definition) is 8. The molecule has 2 aliphatic heterocycles. The van der Waals surface area contributed by atoms with E-state index in [4.69, 9.17) is 22.2 Å². The molecule has 3 aliphatic rings. The predicted molar refractivity (Wildman–Crippen MR) is 149 cm³/mol. The molecule has 7 rings (SSSR count). The summed E-state index contributed by atoms with van der Waals surface area (Å²) >= 11 is 0. The van der Waals surface area contributed by atoms with E-state index in [1.165, 1.54) is 16.8 Å². The summed E-state index contributed by atoms with van der Waals surface area (Å²) in [6, 6.07) is 3.11. The third-order valence-corrected chi connectivity index (χ3v) is 9.29. The van der Waals surface area contributed by atoms with Gasteiger partial charge in [0.05, 0.1) is 17.6 Å². The van der Waals surface area contributed by atoms with Crippen LogP contribution in [0.4, 0.5) is 38.0 Å². The number of pyridine rings is 1. The molecule has 45 heavy (non-hydrogen) atoms. The second-order valence-corrected chi connectivity index (χ2v) is 12.1. The van der Waals surface area contributed by atoms with Crippen molar-refractivity contribution in [3.05, 3.63) is 53.2 Å². The first-order chi connectivity index (χ1) is 21.2. The third-order valence-electron chi connectivity index (χ3n) is 9.29. The van der Waals surface area contributed by atoms with Crippen LogP contribution >= 0.6 is 0 Å². The highest BCUT2D eigenvalue weighted by Gasteiger charge is 2.70. The summed E-state index contributed by atoms with van der Waals surface area (Å²) in [7, 11) is 0. The molecule has 2 bridgehead atoms. The molecule has 4 aromatic heterocycles. The number of nitrogens with zero attached hydrogens (tertiary/aromatic N) is 6. The molecule has 1 unspecified atom stereocenters. The number of anilines is 2. The number of hydrogen-bond donors (Lipinski definition) is 4. The second kappa shape index (κ2) is 9.79. The van der Waals surface area contributed by atoms with Gasteiger partial charge in [0.1, 0.15) is 17.3 Å². The molecule has 0 spiro atoms. The SMILES string of the molecule is Nc1cc(C(=O)N2[C@@H]3CC[C@H]2CC(c2nc4c(-c5ccc(C(N)(C(F)(F)F)C(F)(F)F)nc5)cnn4c(N)c2C2CC2)C3)[nH]n1. The van der Waals surface area contributed by atoms with Gasteiger partial charge in [0.25, 0.3) is 11.4 Å². The average Bonchev–Trinajstić information content (AvgIpc) is 3.47. The summed E-state index contributed by atoms with van der Waals surface area (Å²) in [6.07, 6.45) is -4.60. The number of piperidine rings is 1. The summed E-state index contributed by atoms with van der Waals surface area (Å²) in [5.74, 6) is 0.593. The minimum atomic E-state index is -5.83. The number of fused-ring (bicyclic) bond motifs is 3. The highest BCUT2D eigenvalue weighted by atomic mass is 19.4. The Balaban J connectivity index is 1.25. The van der Waals surface area contributed by atoms with E-state index in [1.807, 2.05) is 4.90 Å². The minimum Gasteiger partial charge on any atom is -0.383 e. The van der Waals surface area contributed by atoms with Crippen molar-refractivity contribution in [2.24, 2.45) is 5.73 Å². The van der Waals surface area contributed by atoms with Gasteiger partial charge in [-0.2, -0.15) is 41.1 Å². The van der Waals surface area contributed by atoms with Crippen molar-refractivity contribution in [1.82, 2.24) is 34.7 Å². The van der Waals surface area contributed by atoms with E-state index in [1.54, 1.807) is 0 Å². The summed E-state index contributed by atoms with van der Waals surface area (Å²) in [5.41, 5.74) is 14.1.